The molecule has 2 N–H and O–H groups in total. The molecular weight excluding hydrogens is 248 g/mol. The lowest BCUT2D eigenvalue weighted by Crippen LogP contribution is -2.38. The van der Waals surface area contributed by atoms with Crippen LogP contribution in [0.2, 0.25) is 0 Å². The molecule has 1 aromatic carbocycles. The summed E-state index contributed by atoms with van der Waals surface area (Å²) in [5.74, 6) is 0. The number of rotatable bonds is 9. The fourth-order valence-corrected chi connectivity index (χ4v) is 2.25. The van der Waals surface area contributed by atoms with Crippen LogP contribution in [0.4, 0.5) is 10.5 Å². The Morgan fingerprint density at radius 1 is 1.00 bits per heavy atom. The molecule has 0 spiro atoms. The van der Waals surface area contributed by atoms with Gasteiger partial charge >= 0.3 is 6.03 Å². The highest BCUT2D eigenvalue weighted by molar-refractivity contribution is 5.89. The van der Waals surface area contributed by atoms with Crippen LogP contribution in [0.1, 0.15) is 58.8 Å². The molecule has 0 heterocycles. The Morgan fingerprint density at radius 3 is 2.30 bits per heavy atom. The fourth-order valence-electron chi connectivity index (χ4n) is 2.25. The van der Waals surface area contributed by atoms with Crippen LogP contribution in [-0.4, -0.2) is 12.1 Å². The lowest BCUT2D eigenvalue weighted by atomic mass is 10.0. The zero-order chi connectivity index (χ0) is 14.6. The van der Waals surface area contributed by atoms with Crippen molar-refractivity contribution in [1.82, 2.24) is 5.32 Å². The van der Waals surface area contributed by atoms with E-state index in [9.17, 15) is 4.79 Å². The molecular formula is C17H28N2O. The van der Waals surface area contributed by atoms with Gasteiger partial charge in [0.1, 0.15) is 0 Å². The van der Waals surface area contributed by atoms with Gasteiger partial charge in [0.15, 0.2) is 0 Å². The summed E-state index contributed by atoms with van der Waals surface area (Å²) in [5.41, 5.74) is 0.841. The molecule has 0 radical (unpaired) electrons. The Bertz CT molecular complexity index is 365. The summed E-state index contributed by atoms with van der Waals surface area (Å²) in [6.45, 7) is 4.39. The maximum atomic E-state index is 12.0. The monoisotopic (exact) mass is 276 g/mol. The molecule has 0 saturated carbocycles. The van der Waals surface area contributed by atoms with Crippen LogP contribution in [0.3, 0.4) is 0 Å². The highest BCUT2D eigenvalue weighted by Crippen LogP contribution is 2.11. The molecule has 1 atom stereocenters. The maximum absolute atomic E-state index is 12.0. The topological polar surface area (TPSA) is 41.1 Å². The highest BCUT2D eigenvalue weighted by atomic mass is 16.2. The van der Waals surface area contributed by atoms with Gasteiger partial charge < -0.3 is 10.6 Å². The third kappa shape index (κ3) is 7.17. The average Bonchev–Trinajstić information content (AvgIpc) is 2.45. The molecule has 1 aromatic rings. The molecule has 0 saturated heterocycles. The Labute approximate surface area is 123 Å². The minimum Gasteiger partial charge on any atom is -0.335 e. The molecule has 0 aromatic heterocycles. The zero-order valence-electron chi connectivity index (χ0n) is 12.8. The standard InChI is InChI=1S/C17H28N2O/c1-3-5-8-12-15(11-6-4-2)18-17(20)19-16-13-9-7-10-14-16/h7,9-10,13-15H,3-6,8,11-12H2,1-2H3,(H2,18,19,20). The van der Waals surface area contributed by atoms with Crippen molar-refractivity contribution in [2.24, 2.45) is 0 Å². The fraction of sp³-hybridized carbons (Fsp3) is 0.588. The van der Waals surface area contributed by atoms with Crippen LogP contribution in [0.25, 0.3) is 0 Å². The van der Waals surface area contributed by atoms with E-state index in [2.05, 4.69) is 24.5 Å². The molecule has 0 bridgehead atoms. The van der Waals surface area contributed by atoms with Gasteiger partial charge in [-0.25, -0.2) is 4.79 Å². The number of hydrogen-bond acceptors (Lipinski definition) is 1. The van der Waals surface area contributed by atoms with E-state index >= 15 is 0 Å². The van der Waals surface area contributed by atoms with Gasteiger partial charge in [0.05, 0.1) is 0 Å². The molecule has 3 nitrogen and oxygen atoms in total. The number of urea groups is 1. The minimum atomic E-state index is -0.0891. The summed E-state index contributed by atoms with van der Waals surface area (Å²) in [4.78, 5) is 12.0. The van der Waals surface area contributed by atoms with Crippen LogP contribution in [0.5, 0.6) is 0 Å². The Morgan fingerprint density at radius 2 is 1.65 bits per heavy atom. The molecule has 0 aliphatic rings. The number of anilines is 1. The van der Waals surface area contributed by atoms with E-state index in [0.717, 1.165) is 18.5 Å². The van der Waals surface area contributed by atoms with Crippen molar-refractivity contribution in [2.45, 2.75) is 64.8 Å². The first kappa shape index (κ1) is 16.5. The number of nitrogens with one attached hydrogen (secondary N) is 2. The number of carbonyl (C=O) groups is 1. The van der Waals surface area contributed by atoms with E-state index in [4.69, 9.17) is 0 Å². The van der Waals surface area contributed by atoms with Crippen molar-refractivity contribution in [2.75, 3.05) is 5.32 Å². The van der Waals surface area contributed by atoms with Gasteiger partial charge in [0.2, 0.25) is 0 Å². The molecule has 20 heavy (non-hydrogen) atoms. The van der Waals surface area contributed by atoms with Crippen LogP contribution in [0, 0.1) is 0 Å². The quantitative estimate of drug-likeness (QED) is 0.616. The van der Waals surface area contributed by atoms with Crippen LogP contribution >= 0.6 is 0 Å². The number of para-hydroxylation sites is 1. The minimum absolute atomic E-state index is 0.0891. The van der Waals surface area contributed by atoms with Crippen molar-refractivity contribution in [3.63, 3.8) is 0 Å². The van der Waals surface area contributed by atoms with Gasteiger partial charge in [-0.05, 0) is 25.0 Å². The molecule has 1 unspecified atom stereocenters. The number of carbonyl (C=O) groups excluding carboxylic acids is 1. The third-order valence-corrected chi connectivity index (χ3v) is 3.43. The third-order valence-electron chi connectivity index (χ3n) is 3.43. The first-order valence-electron chi connectivity index (χ1n) is 7.88. The molecule has 1 rings (SSSR count). The van der Waals surface area contributed by atoms with E-state index < -0.39 is 0 Å². The average molecular weight is 276 g/mol. The molecule has 3 heteroatoms. The Hall–Kier alpha value is -1.51. The second-order valence-corrected chi connectivity index (χ2v) is 5.30. The molecule has 112 valence electrons. The second kappa shape index (κ2) is 10.3. The highest BCUT2D eigenvalue weighted by Gasteiger charge is 2.11. The number of benzene rings is 1. The largest absolute Gasteiger partial charge is 0.335 e. The SMILES string of the molecule is CCCCCC(CCCC)NC(=O)Nc1ccccc1. The number of unbranched alkanes of at least 4 members (excludes halogenated alkanes) is 3. The van der Waals surface area contributed by atoms with E-state index in [1.165, 1.54) is 32.1 Å². The van der Waals surface area contributed by atoms with E-state index in [-0.39, 0.29) is 6.03 Å². The van der Waals surface area contributed by atoms with E-state index in [1.807, 2.05) is 30.3 Å². The van der Waals surface area contributed by atoms with Crippen LogP contribution in [0.15, 0.2) is 30.3 Å². The predicted octanol–water partition coefficient (Wildman–Crippen LogP) is 4.95. The van der Waals surface area contributed by atoms with Gasteiger partial charge in [-0.1, -0.05) is 64.2 Å². The van der Waals surface area contributed by atoms with Crippen molar-refractivity contribution < 1.29 is 4.79 Å². The molecule has 2 amide bonds. The number of amides is 2. The second-order valence-electron chi connectivity index (χ2n) is 5.30. The Kier molecular flexibility index (Phi) is 8.52. The van der Waals surface area contributed by atoms with Crippen molar-refractivity contribution in [1.29, 1.82) is 0 Å². The van der Waals surface area contributed by atoms with E-state index in [1.54, 1.807) is 0 Å². The summed E-state index contributed by atoms with van der Waals surface area (Å²) in [6.07, 6.45) is 8.14. The van der Waals surface area contributed by atoms with Crippen molar-refractivity contribution in [3.05, 3.63) is 30.3 Å². The first-order chi connectivity index (χ1) is 9.76. The van der Waals surface area contributed by atoms with Gasteiger partial charge in [-0.3, -0.25) is 0 Å². The molecule has 0 fully saturated rings. The van der Waals surface area contributed by atoms with E-state index in [0.29, 0.717) is 6.04 Å². The molecule has 0 aliphatic heterocycles. The lowest BCUT2D eigenvalue weighted by Gasteiger charge is -2.19. The summed E-state index contributed by atoms with van der Waals surface area (Å²) in [6, 6.07) is 9.79. The molecule has 0 aliphatic carbocycles. The Balaban J connectivity index is 2.39. The van der Waals surface area contributed by atoms with Crippen molar-refractivity contribution in [3.8, 4) is 0 Å². The summed E-state index contributed by atoms with van der Waals surface area (Å²) in [7, 11) is 0. The van der Waals surface area contributed by atoms with Crippen LogP contribution in [-0.2, 0) is 0 Å². The first-order valence-corrected chi connectivity index (χ1v) is 7.88. The van der Waals surface area contributed by atoms with Crippen molar-refractivity contribution >= 4 is 11.7 Å². The van der Waals surface area contributed by atoms with Gasteiger partial charge in [-0.2, -0.15) is 0 Å². The zero-order valence-corrected chi connectivity index (χ0v) is 12.8. The lowest BCUT2D eigenvalue weighted by molar-refractivity contribution is 0.246. The maximum Gasteiger partial charge on any atom is 0.319 e. The van der Waals surface area contributed by atoms with Gasteiger partial charge in [0.25, 0.3) is 0 Å². The van der Waals surface area contributed by atoms with Gasteiger partial charge in [-0.15, -0.1) is 0 Å². The van der Waals surface area contributed by atoms with Gasteiger partial charge in [0, 0.05) is 11.7 Å². The normalized spacial score (nSPS) is 11.9. The predicted molar refractivity (Wildman–Crippen MR) is 86.1 cm³/mol. The van der Waals surface area contributed by atoms with Crippen LogP contribution < -0.4 is 10.6 Å². The summed E-state index contributed by atoms with van der Waals surface area (Å²) < 4.78 is 0. The smallest absolute Gasteiger partial charge is 0.319 e. The summed E-state index contributed by atoms with van der Waals surface area (Å²) in [5, 5.41) is 6.00. The summed E-state index contributed by atoms with van der Waals surface area (Å²) >= 11 is 0. The number of hydrogen-bond donors (Lipinski definition) is 2.